The van der Waals surface area contributed by atoms with Gasteiger partial charge in [0.05, 0.1) is 23.2 Å². The molecule has 0 heterocycles. The Kier molecular flexibility index (Phi) is 8.26. The minimum Gasteiger partial charge on any atom is 0.0206 e. The van der Waals surface area contributed by atoms with E-state index in [0.29, 0.717) is 0 Å². The Balaban J connectivity index is 2.97. The van der Waals surface area contributed by atoms with Crippen molar-refractivity contribution in [2.24, 2.45) is 0 Å². The molecule has 0 fully saturated rings. The van der Waals surface area contributed by atoms with E-state index in [0.717, 1.165) is 6.39 Å². The van der Waals surface area contributed by atoms with Gasteiger partial charge in [0, 0.05) is 48.8 Å². The van der Waals surface area contributed by atoms with Crippen LogP contribution in [-0.4, -0.2) is 72.0 Å². The second kappa shape index (κ2) is 7.75. The van der Waals surface area contributed by atoms with Crippen LogP contribution in [0.25, 0.3) is 0 Å². The lowest BCUT2D eigenvalue weighted by molar-refractivity contribution is 3.73. The van der Waals surface area contributed by atoms with Gasteiger partial charge >= 0.3 is 0 Å². The highest BCUT2D eigenvalue weighted by Gasteiger charge is 2.06. The first kappa shape index (κ1) is 10.6. The highest BCUT2D eigenvalue weighted by atomic mass is 12.8. The van der Waals surface area contributed by atoms with E-state index in [1.165, 1.54) is 42.4 Å². The lowest BCUT2D eigenvalue weighted by atomic mass is 8.79. The molecule has 0 nitrogen and oxygen atoms in total. The van der Waals surface area contributed by atoms with Crippen molar-refractivity contribution in [3.05, 3.63) is 0 Å². The van der Waals surface area contributed by atoms with Gasteiger partial charge in [-0.05, 0) is 0 Å². The largest absolute Gasteiger partial charge is 0.0597 e. The molecule has 0 spiro atoms. The van der Waals surface area contributed by atoms with Crippen LogP contribution in [0, 0.1) is 0 Å². The Bertz CT molecular complexity index is 57.1. The van der Waals surface area contributed by atoms with Gasteiger partial charge in [0.25, 0.3) is 0 Å². The molecule has 0 amide bonds. The maximum atomic E-state index is 2.37. The Morgan fingerprint density at radius 2 is 1.60 bits per heavy atom. The third-order valence-electron chi connectivity index (χ3n) is 2.08. The van der Waals surface area contributed by atoms with Gasteiger partial charge in [-0.25, -0.2) is 0 Å². The molecule has 0 aromatic heterocycles. The van der Waals surface area contributed by atoms with Crippen molar-refractivity contribution < 1.29 is 0 Å². The summed E-state index contributed by atoms with van der Waals surface area (Å²) in [7, 11) is 15.4. The molecule has 0 aliphatic heterocycles. The summed E-state index contributed by atoms with van der Waals surface area (Å²) in [4.78, 5) is 0. The fourth-order valence-electron chi connectivity index (χ4n) is 1.38. The minimum absolute atomic E-state index is 0.969. The predicted molar refractivity (Wildman–Crippen MR) is 74.3 cm³/mol. The van der Waals surface area contributed by atoms with Gasteiger partial charge in [0.1, 0.15) is 0 Å². The first-order chi connectivity index (χ1) is 4.81. The predicted octanol–water partition coefficient (Wildman–Crippen LogP) is -7.02. The Hall–Kier alpha value is 0.649. The average Bonchev–Trinajstić information content (AvgIpc) is 1.89. The van der Waals surface area contributed by atoms with Crippen LogP contribution in [0.2, 0.25) is 0 Å². The third-order valence-corrected chi connectivity index (χ3v) is 2.08. The highest BCUT2D eigenvalue weighted by molar-refractivity contribution is 7.78. The van der Waals surface area contributed by atoms with Crippen LogP contribution in [0.5, 0.6) is 0 Å². The number of rotatable bonds is 6. The Morgan fingerprint density at radius 3 is 2.10 bits per heavy atom. The molecule has 10 heavy (non-hydrogen) atoms. The van der Waals surface area contributed by atoms with Crippen LogP contribution in [-0.2, 0) is 0 Å². The first-order valence-corrected chi connectivity index (χ1v) is 4.81. The molecule has 0 aliphatic rings. The lowest BCUT2D eigenvalue weighted by Crippen LogP contribution is -2.40. The van der Waals surface area contributed by atoms with E-state index in [2.05, 4.69) is 23.2 Å². The van der Waals surface area contributed by atoms with Gasteiger partial charge < -0.3 is 0 Å². The van der Waals surface area contributed by atoms with Crippen molar-refractivity contribution in [3.63, 3.8) is 0 Å². The summed E-state index contributed by atoms with van der Waals surface area (Å²) < 4.78 is 0. The van der Waals surface area contributed by atoms with Gasteiger partial charge in [-0.3, -0.25) is 0 Å². The van der Waals surface area contributed by atoms with E-state index in [4.69, 9.17) is 0 Å². The van der Waals surface area contributed by atoms with Crippen molar-refractivity contribution in [2.45, 2.75) is 0 Å². The van der Waals surface area contributed by atoms with Crippen molar-refractivity contribution in [1.29, 1.82) is 0 Å². The molecule has 0 atom stereocenters. The summed E-state index contributed by atoms with van der Waals surface area (Å²) in [5.41, 5.74) is 0. The molecule has 0 radical (unpaired) electrons. The van der Waals surface area contributed by atoms with Gasteiger partial charge in [-0.1, -0.05) is 0 Å². The maximum Gasteiger partial charge on any atom is 0.0597 e. The molecular weight excluding hydrogens is 108 g/mol. The normalized spacial score (nSPS) is 7.20. The zero-order valence-corrected chi connectivity index (χ0v) is 7.82. The minimum atomic E-state index is 0.969. The number of hydrogen-bond acceptors (Lipinski definition) is 0. The summed E-state index contributed by atoms with van der Waals surface area (Å²) in [5, 5.41) is 0. The topological polar surface area (TPSA) is 0 Å². The van der Waals surface area contributed by atoms with Crippen molar-refractivity contribution >= 4 is 72.0 Å². The zero-order chi connectivity index (χ0) is 7.82. The third kappa shape index (κ3) is 6.76. The fraction of sp³-hybridized carbons (Fsp3) is 0. The first-order valence-electron chi connectivity index (χ1n) is 4.81. The van der Waals surface area contributed by atoms with E-state index in [1.807, 2.05) is 0 Å². The molecule has 0 aliphatic carbocycles. The van der Waals surface area contributed by atoms with Gasteiger partial charge in [0.15, 0.2) is 0 Å². The Labute approximate surface area is 72.4 Å². The van der Waals surface area contributed by atoms with Crippen molar-refractivity contribution in [1.82, 2.24) is 0 Å². The summed E-state index contributed by atoms with van der Waals surface area (Å²) in [5.74, 6) is 0. The maximum absolute atomic E-state index is 2.37. The van der Waals surface area contributed by atoms with Crippen LogP contribution in [0.1, 0.15) is 0 Å². The van der Waals surface area contributed by atoms with Crippen LogP contribution < -0.4 is 0 Å². The lowest BCUT2D eigenvalue weighted by Gasteiger charge is -1.99. The second-order valence-corrected chi connectivity index (χ2v) is 3.39. The van der Waals surface area contributed by atoms with Crippen molar-refractivity contribution in [3.8, 4) is 0 Å². The van der Waals surface area contributed by atoms with E-state index in [1.54, 1.807) is 0 Å². The van der Waals surface area contributed by atoms with Crippen LogP contribution in [0.15, 0.2) is 0 Å². The number of hydrogen-bond donors (Lipinski definition) is 0. The molecule has 0 saturated heterocycles. The second-order valence-electron chi connectivity index (χ2n) is 3.39. The zero-order valence-electron chi connectivity index (χ0n) is 7.82. The van der Waals surface area contributed by atoms with Gasteiger partial charge in [0.2, 0.25) is 0 Å². The SMILES string of the molecule is BBBBBB(B)BBB. The smallest absolute Gasteiger partial charge is 0.0206 e. The molecule has 0 aromatic rings. The molecule has 0 rings (SSSR count). The standard InChI is InChI=1S/B10H12/c1-4-6-7-9-10(3)8-5-2/h4-9H,1-3H2. The molecule has 0 bridgehead atoms. The van der Waals surface area contributed by atoms with Crippen LogP contribution in [0.3, 0.4) is 0 Å². The molecule has 10 heteroatoms. The molecule has 0 N–H and O–H groups in total. The van der Waals surface area contributed by atoms with Crippen LogP contribution >= 0.6 is 0 Å². The quantitative estimate of drug-likeness (QED) is 0.241. The molecule has 0 aromatic carbocycles. The van der Waals surface area contributed by atoms with Gasteiger partial charge in [-0.15, -0.1) is 0 Å². The molecule has 0 unspecified atom stereocenters. The molecular formula is H12B10. The van der Waals surface area contributed by atoms with Gasteiger partial charge in [-0.2, -0.15) is 0 Å². The summed E-state index contributed by atoms with van der Waals surface area (Å²) >= 11 is 0. The van der Waals surface area contributed by atoms with E-state index < -0.39 is 0 Å². The van der Waals surface area contributed by atoms with Crippen LogP contribution in [0.4, 0.5) is 0 Å². The Morgan fingerprint density at radius 1 is 0.900 bits per heavy atom. The average molecular weight is 120 g/mol. The molecule has 42 valence electrons. The summed E-state index contributed by atoms with van der Waals surface area (Å²) in [6, 6.07) is 0. The highest BCUT2D eigenvalue weighted by Crippen LogP contribution is 1.65. The van der Waals surface area contributed by atoms with E-state index in [-0.39, 0.29) is 0 Å². The monoisotopic (exact) mass is 122 g/mol. The summed E-state index contributed by atoms with van der Waals surface area (Å²) in [6.45, 7) is 0. The van der Waals surface area contributed by atoms with E-state index in [9.17, 15) is 0 Å². The molecule has 0 saturated carbocycles. The van der Waals surface area contributed by atoms with Crippen molar-refractivity contribution in [2.75, 3.05) is 0 Å². The fourth-order valence-corrected chi connectivity index (χ4v) is 1.38. The van der Waals surface area contributed by atoms with E-state index >= 15 is 0 Å². The summed E-state index contributed by atoms with van der Waals surface area (Å²) in [6.07, 6.45) is 0.969.